The number of carbonyl (C=O) groups is 1. The van der Waals surface area contributed by atoms with Gasteiger partial charge in [-0.25, -0.2) is 0 Å². The van der Waals surface area contributed by atoms with Crippen molar-refractivity contribution in [1.29, 1.82) is 0 Å². The summed E-state index contributed by atoms with van der Waals surface area (Å²) in [6, 6.07) is 7.50. The molecule has 0 heterocycles. The summed E-state index contributed by atoms with van der Waals surface area (Å²) in [7, 11) is 0. The van der Waals surface area contributed by atoms with E-state index in [1.54, 1.807) is 0 Å². The maximum Gasteiger partial charge on any atom is 0.314 e. The molecule has 0 radical (unpaired) electrons. The molecular weight excluding hydrogens is 303 g/mol. The lowest BCUT2D eigenvalue weighted by molar-refractivity contribution is -0.139. The van der Waals surface area contributed by atoms with Crippen molar-refractivity contribution < 1.29 is 9.53 Å². The molecule has 0 atom stereocenters. The van der Waals surface area contributed by atoms with Gasteiger partial charge in [-0.2, -0.15) is 0 Å². The van der Waals surface area contributed by atoms with Crippen LogP contribution in [0, 0.1) is 9.49 Å². The Hall–Kier alpha value is -0.580. The highest BCUT2D eigenvalue weighted by molar-refractivity contribution is 14.1. The molecule has 15 heavy (non-hydrogen) atoms. The van der Waals surface area contributed by atoms with Gasteiger partial charge in [-0.1, -0.05) is 13.8 Å². The smallest absolute Gasteiger partial charge is 0.314 e. The molecule has 0 bridgehead atoms. The summed E-state index contributed by atoms with van der Waals surface area (Å²) < 4.78 is 6.41. The second-order valence-electron chi connectivity index (χ2n) is 3.39. The highest BCUT2D eigenvalue weighted by Crippen LogP contribution is 2.17. The second kappa shape index (κ2) is 6.10. The lowest BCUT2D eigenvalue weighted by Gasteiger charge is -2.11. The topological polar surface area (TPSA) is 26.3 Å². The molecule has 0 amide bonds. The zero-order chi connectivity index (χ0) is 11.3. The molecule has 0 unspecified atom stereocenters. The number of halogens is 1. The number of benzene rings is 1. The average molecular weight is 318 g/mol. The molecule has 3 heteroatoms. The Bertz CT molecular complexity index is 315. The van der Waals surface area contributed by atoms with Gasteiger partial charge in [-0.05, 0) is 59.7 Å². The fourth-order valence-electron chi connectivity index (χ4n) is 1.32. The molecule has 0 aliphatic heterocycles. The molecule has 0 aliphatic carbocycles. The van der Waals surface area contributed by atoms with Crippen molar-refractivity contribution in [3.63, 3.8) is 0 Å². The van der Waals surface area contributed by atoms with Crippen LogP contribution in [0.2, 0.25) is 0 Å². The number of ether oxygens (including phenoxy) is 1. The molecular formula is C12H15IO2. The third kappa shape index (κ3) is 3.81. The summed E-state index contributed by atoms with van der Waals surface area (Å²) in [5, 5.41) is 0. The van der Waals surface area contributed by atoms with Gasteiger partial charge in [0.2, 0.25) is 0 Å². The molecule has 1 rings (SSSR count). The zero-order valence-corrected chi connectivity index (χ0v) is 11.2. The van der Waals surface area contributed by atoms with Crippen molar-refractivity contribution in [2.75, 3.05) is 0 Å². The van der Waals surface area contributed by atoms with Gasteiger partial charge in [0.1, 0.15) is 5.75 Å². The summed E-state index contributed by atoms with van der Waals surface area (Å²) in [5.74, 6) is 0.526. The number of rotatable bonds is 4. The molecule has 0 saturated carbocycles. The Labute approximate surface area is 104 Å². The van der Waals surface area contributed by atoms with E-state index in [4.69, 9.17) is 4.74 Å². The number of carbonyl (C=O) groups excluding carboxylic acids is 1. The first-order valence-electron chi connectivity index (χ1n) is 5.14. The van der Waals surface area contributed by atoms with Crippen LogP contribution < -0.4 is 4.74 Å². The molecule has 1 aromatic carbocycles. The molecule has 0 saturated heterocycles. The van der Waals surface area contributed by atoms with Crippen LogP contribution >= 0.6 is 22.6 Å². The average Bonchev–Trinajstić information content (AvgIpc) is 2.23. The predicted molar refractivity (Wildman–Crippen MR) is 68.9 cm³/mol. The quantitative estimate of drug-likeness (QED) is 0.481. The molecule has 82 valence electrons. The molecule has 0 aliphatic rings. The van der Waals surface area contributed by atoms with Crippen LogP contribution in [0.15, 0.2) is 24.3 Å². The minimum atomic E-state index is -0.124. The van der Waals surface area contributed by atoms with Crippen molar-refractivity contribution >= 4 is 28.6 Å². The van der Waals surface area contributed by atoms with E-state index >= 15 is 0 Å². The maximum atomic E-state index is 11.6. The van der Waals surface area contributed by atoms with Crippen LogP contribution in [0.5, 0.6) is 5.75 Å². The minimum Gasteiger partial charge on any atom is -0.426 e. The van der Waals surface area contributed by atoms with Gasteiger partial charge < -0.3 is 4.74 Å². The normalized spacial score (nSPS) is 10.4. The van der Waals surface area contributed by atoms with E-state index < -0.39 is 0 Å². The highest BCUT2D eigenvalue weighted by atomic mass is 127. The number of hydrogen-bond acceptors (Lipinski definition) is 2. The van der Waals surface area contributed by atoms with E-state index in [2.05, 4.69) is 22.6 Å². The van der Waals surface area contributed by atoms with Crippen molar-refractivity contribution in [3.8, 4) is 5.75 Å². The zero-order valence-electron chi connectivity index (χ0n) is 9.00. The first kappa shape index (κ1) is 12.5. The summed E-state index contributed by atoms with van der Waals surface area (Å²) in [6.45, 7) is 4.01. The van der Waals surface area contributed by atoms with Gasteiger partial charge >= 0.3 is 5.97 Å². The third-order valence-corrected chi connectivity index (χ3v) is 3.07. The van der Waals surface area contributed by atoms with Crippen molar-refractivity contribution in [3.05, 3.63) is 27.8 Å². The maximum absolute atomic E-state index is 11.6. The largest absolute Gasteiger partial charge is 0.426 e. The van der Waals surface area contributed by atoms with Crippen LogP contribution in [0.25, 0.3) is 0 Å². The molecule has 0 aromatic heterocycles. The molecule has 0 N–H and O–H groups in total. The predicted octanol–water partition coefficient (Wildman–Crippen LogP) is 3.63. The van der Waals surface area contributed by atoms with Crippen LogP contribution in [0.4, 0.5) is 0 Å². The third-order valence-electron chi connectivity index (χ3n) is 2.35. The van der Waals surface area contributed by atoms with Crippen LogP contribution in [0.3, 0.4) is 0 Å². The Kier molecular flexibility index (Phi) is 5.08. The Morgan fingerprint density at radius 1 is 1.27 bits per heavy atom. The van der Waals surface area contributed by atoms with E-state index in [0.717, 1.165) is 16.4 Å². The Morgan fingerprint density at radius 3 is 2.27 bits per heavy atom. The molecule has 2 nitrogen and oxygen atoms in total. The fraction of sp³-hybridized carbons (Fsp3) is 0.417. The molecule has 1 aromatic rings. The minimum absolute atomic E-state index is 0.0179. The summed E-state index contributed by atoms with van der Waals surface area (Å²) in [5.41, 5.74) is 0. The van der Waals surface area contributed by atoms with Gasteiger partial charge in [-0.3, -0.25) is 4.79 Å². The Balaban J connectivity index is 2.61. The van der Waals surface area contributed by atoms with Gasteiger partial charge in [0, 0.05) is 3.57 Å². The van der Waals surface area contributed by atoms with E-state index in [1.165, 1.54) is 0 Å². The number of esters is 1. The lowest BCUT2D eigenvalue weighted by atomic mass is 10.0. The van der Waals surface area contributed by atoms with E-state index in [0.29, 0.717) is 5.75 Å². The van der Waals surface area contributed by atoms with Gasteiger partial charge in [0.05, 0.1) is 5.92 Å². The first-order chi connectivity index (χ1) is 7.17. The highest BCUT2D eigenvalue weighted by Gasteiger charge is 2.16. The van der Waals surface area contributed by atoms with E-state index in [1.807, 2.05) is 38.1 Å². The lowest BCUT2D eigenvalue weighted by Crippen LogP contribution is -2.19. The van der Waals surface area contributed by atoms with Crippen LogP contribution in [-0.2, 0) is 4.79 Å². The van der Waals surface area contributed by atoms with Crippen LogP contribution in [0.1, 0.15) is 26.7 Å². The summed E-state index contributed by atoms with van der Waals surface area (Å²) >= 11 is 2.22. The number of hydrogen-bond donors (Lipinski definition) is 0. The van der Waals surface area contributed by atoms with Gasteiger partial charge in [0.25, 0.3) is 0 Å². The van der Waals surface area contributed by atoms with Crippen molar-refractivity contribution in [1.82, 2.24) is 0 Å². The van der Waals surface area contributed by atoms with Gasteiger partial charge in [-0.15, -0.1) is 0 Å². The summed E-state index contributed by atoms with van der Waals surface area (Å²) in [6.07, 6.45) is 1.67. The molecule has 0 fully saturated rings. The SMILES string of the molecule is CCC(CC)C(=O)Oc1ccc(I)cc1. The summed E-state index contributed by atoms with van der Waals surface area (Å²) in [4.78, 5) is 11.6. The van der Waals surface area contributed by atoms with E-state index in [-0.39, 0.29) is 11.9 Å². The van der Waals surface area contributed by atoms with E-state index in [9.17, 15) is 4.79 Å². The van der Waals surface area contributed by atoms with Crippen molar-refractivity contribution in [2.45, 2.75) is 26.7 Å². The monoisotopic (exact) mass is 318 g/mol. The van der Waals surface area contributed by atoms with Crippen molar-refractivity contribution in [2.24, 2.45) is 5.92 Å². The Morgan fingerprint density at radius 2 is 1.80 bits per heavy atom. The molecule has 0 spiro atoms. The first-order valence-corrected chi connectivity index (χ1v) is 6.22. The second-order valence-corrected chi connectivity index (χ2v) is 4.63. The van der Waals surface area contributed by atoms with Gasteiger partial charge in [0.15, 0.2) is 0 Å². The standard InChI is InChI=1S/C12H15IO2/c1-3-9(4-2)12(14)15-11-7-5-10(13)6-8-11/h5-9H,3-4H2,1-2H3. The fourth-order valence-corrected chi connectivity index (χ4v) is 1.68. The van der Waals surface area contributed by atoms with Crippen LogP contribution in [-0.4, -0.2) is 5.97 Å².